The number of rotatable bonds is 15. The second-order valence-electron chi connectivity index (χ2n) is 11.0. The number of hydrogen-bond donors (Lipinski definition) is 0. The lowest BCUT2D eigenvalue weighted by atomic mass is 10.1. The zero-order chi connectivity index (χ0) is 29.0. The summed E-state index contributed by atoms with van der Waals surface area (Å²) in [6.45, 7) is 8.05. The van der Waals surface area contributed by atoms with E-state index in [9.17, 15) is 9.59 Å². The molecule has 3 heterocycles. The van der Waals surface area contributed by atoms with Crippen molar-refractivity contribution in [1.82, 2.24) is 24.6 Å². The van der Waals surface area contributed by atoms with Gasteiger partial charge in [0.15, 0.2) is 10.9 Å². The van der Waals surface area contributed by atoms with Crippen molar-refractivity contribution >= 4 is 23.6 Å². The van der Waals surface area contributed by atoms with Gasteiger partial charge in [0.1, 0.15) is 0 Å². The number of benzene rings is 1. The van der Waals surface area contributed by atoms with Crippen LogP contribution in [0.4, 0.5) is 0 Å². The number of para-hydroxylation sites is 1. The molecule has 0 radical (unpaired) electrons. The Morgan fingerprint density at radius 1 is 0.927 bits per heavy atom. The lowest BCUT2D eigenvalue weighted by Gasteiger charge is -2.40. The van der Waals surface area contributed by atoms with Crippen LogP contribution in [-0.4, -0.2) is 67.8 Å². The summed E-state index contributed by atoms with van der Waals surface area (Å²) in [5.41, 5.74) is 2.02. The minimum atomic E-state index is 0.0185. The van der Waals surface area contributed by atoms with Crippen molar-refractivity contribution in [2.75, 3.05) is 25.4 Å². The van der Waals surface area contributed by atoms with Crippen molar-refractivity contribution in [3.8, 4) is 17.3 Å². The predicted octanol–water partition coefficient (Wildman–Crippen LogP) is 6.91. The molecule has 1 unspecified atom stereocenters. The second-order valence-corrected chi connectivity index (χ2v) is 12.0. The van der Waals surface area contributed by atoms with Gasteiger partial charge in [0, 0.05) is 32.1 Å². The van der Waals surface area contributed by atoms with Gasteiger partial charge in [0.05, 0.1) is 17.7 Å². The topological polar surface area (TPSA) is 84.5 Å². The molecule has 41 heavy (non-hydrogen) atoms. The number of furan rings is 1. The fourth-order valence-electron chi connectivity index (χ4n) is 5.46. The van der Waals surface area contributed by atoms with Crippen molar-refractivity contribution in [2.45, 2.75) is 96.2 Å². The summed E-state index contributed by atoms with van der Waals surface area (Å²) in [5.74, 6) is 1.75. The van der Waals surface area contributed by atoms with E-state index in [0.29, 0.717) is 42.8 Å². The van der Waals surface area contributed by atoms with E-state index in [1.165, 1.54) is 56.7 Å². The van der Waals surface area contributed by atoms with E-state index < -0.39 is 0 Å². The largest absolute Gasteiger partial charge is 0.461 e. The third-order valence-corrected chi connectivity index (χ3v) is 8.76. The van der Waals surface area contributed by atoms with Gasteiger partial charge in [-0.15, -0.1) is 10.2 Å². The van der Waals surface area contributed by atoms with Crippen LogP contribution in [0.1, 0.15) is 83.6 Å². The maximum Gasteiger partial charge on any atom is 0.233 e. The fraction of sp³-hybridized carbons (Fsp3) is 0.562. The highest BCUT2D eigenvalue weighted by atomic mass is 32.2. The van der Waals surface area contributed by atoms with E-state index in [2.05, 4.69) is 17.1 Å². The Labute approximate surface area is 248 Å². The smallest absolute Gasteiger partial charge is 0.233 e. The number of aryl methyl sites for hydroxylation is 1. The van der Waals surface area contributed by atoms with Gasteiger partial charge in [-0.1, -0.05) is 88.3 Å². The molecular formula is C32H45N5O3S. The standard InChI is InChI=1S/C32H45N5O3S/c1-4-5-6-7-8-9-10-11-12-19-29(38)36-21-20-35(23-26(36)3)30(39)24-41-32-34-33-31(28-18-15-22-40-28)37(32)27-17-14-13-16-25(27)2/h13-18,22,26H,4-12,19-21,23-24H2,1-3H3. The van der Waals surface area contributed by atoms with Crippen molar-refractivity contribution in [2.24, 2.45) is 0 Å². The van der Waals surface area contributed by atoms with E-state index in [0.717, 1.165) is 24.1 Å². The van der Waals surface area contributed by atoms with Gasteiger partial charge >= 0.3 is 0 Å². The Balaban J connectivity index is 1.25. The Hall–Kier alpha value is -3.07. The molecule has 9 heteroatoms. The van der Waals surface area contributed by atoms with Crippen molar-refractivity contribution in [3.05, 3.63) is 48.2 Å². The first kappa shape index (κ1) is 30.9. The number of piperazine rings is 1. The lowest BCUT2D eigenvalue weighted by molar-refractivity contribution is -0.141. The number of hydrogen-bond acceptors (Lipinski definition) is 6. The third kappa shape index (κ3) is 8.47. The number of carbonyl (C=O) groups is 2. The molecule has 222 valence electrons. The molecule has 1 saturated heterocycles. The van der Waals surface area contributed by atoms with Gasteiger partial charge in [-0.05, 0) is 44.0 Å². The van der Waals surface area contributed by atoms with E-state index in [1.54, 1.807) is 6.26 Å². The van der Waals surface area contributed by atoms with Crippen molar-refractivity contribution < 1.29 is 14.0 Å². The first-order chi connectivity index (χ1) is 20.0. The molecule has 0 bridgehead atoms. The first-order valence-electron chi connectivity index (χ1n) is 15.2. The van der Waals surface area contributed by atoms with Crippen LogP contribution < -0.4 is 0 Å². The second kappa shape index (κ2) is 15.8. The van der Waals surface area contributed by atoms with Crippen LogP contribution in [0.25, 0.3) is 17.3 Å². The van der Waals surface area contributed by atoms with Crippen LogP contribution >= 0.6 is 11.8 Å². The highest BCUT2D eigenvalue weighted by Gasteiger charge is 2.30. The molecule has 1 aliphatic rings. The van der Waals surface area contributed by atoms with Crippen LogP contribution in [-0.2, 0) is 9.59 Å². The van der Waals surface area contributed by atoms with E-state index in [1.807, 2.05) is 64.6 Å². The average Bonchev–Trinajstić information content (AvgIpc) is 3.65. The number of thioether (sulfide) groups is 1. The van der Waals surface area contributed by atoms with Gasteiger partial charge < -0.3 is 14.2 Å². The molecule has 2 aromatic heterocycles. The summed E-state index contributed by atoms with van der Waals surface area (Å²) in [4.78, 5) is 30.0. The molecule has 0 saturated carbocycles. The van der Waals surface area contributed by atoms with Gasteiger partial charge in [-0.3, -0.25) is 14.2 Å². The van der Waals surface area contributed by atoms with Crippen LogP contribution in [0.2, 0.25) is 0 Å². The summed E-state index contributed by atoms with van der Waals surface area (Å²) in [7, 11) is 0. The van der Waals surface area contributed by atoms with E-state index in [4.69, 9.17) is 4.42 Å². The Bertz CT molecular complexity index is 1240. The molecule has 0 aliphatic carbocycles. The number of unbranched alkanes of at least 4 members (excludes halogenated alkanes) is 8. The van der Waals surface area contributed by atoms with E-state index >= 15 is 0 Å². The zero-order valence-electron chi connectivity index (χ0n) is 24.9. The molecule has 1 atom stereocenters. The summed E-state index contributed by atoms with van der Waals surface area (Å²) >= 11 is 1.38. The monoisotopic (exact) mass is 579 g/mol. The maximum atomic E-state index is 13.2. The Kier molecular flexibility index (Phi) is 11.9. The molecule has 8 nitrogen and oxygen atoms in total. The normalized spacial score (nSPS) is 15.4. The maximum absolute atomic E-state index is 13.2. The van der Waals surface area contributed by atoms with Crippen molar-refractivity contribution in [3.63, 3.8) is 0 Å². The molecular weight excluding hydrogens is 534 g/mol. The highest BCUT2D eigenvalue weighted by Crippen LogP contribution is 2.30. The minimum absolute atomic E-state index is 0.0185. The molecule has 2 amide bonds. The molecule has 0 spiro atoms. The average molecular weight is 580 g/mol. The SMILES string of the molecule is CCCCCCCCCCCC(=O)N1CCN(C(=O)CSc2nnc(-c3ccco3)n2-c2ccccc2C)CC1C. The number of aromatic nitrogens is 3. The van der Waals surface area contributed by atoms with Gasteiger partial charge in [-0.2, -0.15) is 0 Å². The minimum Gasteiger partial charge on any atom is -0.461 e. The van der Waals surface area contributed by atoms with Crippen LogP contribution in [0.3, 0.4) is 0 Å². The quantitative estimate of drug-likeness (QED) is 0.144. The van der Waals surface area contributed by atoms with Crippen LogP contribution in [0.5, 0.6) is 0 Å². The van der Waals surface area contributed by atoms with Crippen LogP contribution in [0, 0.1) is 6.92 Å². The molecule has 1 fully saturated rings. The van der Waals surface area contributed by atoms with Crippen LogP contribution in [0.15, 0.2) is 52.2 Å². The summed E-state index contributed by atoms with van der Waals surface area (Å²) < 4.78 is 7.57. The summed E-state index contributed by atoms with van der Waals surface area (Å²) in [5, 5.41) is 9.45. The molecule has 4 rings (SSSR count). The van der Waals surface area contributed by atoms with Gasteiger partial charge in [0.2, 0.25) is 17.6 Å². The lowest BCUT2D eigenvalue weighted by Crippen LogP contribution is -2.55. The molecule has 1 aliphatic heterocycles. The van der Waals surface area contributed by atoms with Gasteiger partial charge in [0.25, 0.3) is 0 Å². The number of amides is 2. The first-order valence-corrected chi connectivity index (χ1v) is 16.2. The molecule has 1 aromatic carbocycles. The molecule has 3 aromatic rings. The highest BCUT2D eigenvalue weighted by molar-refractivity contribution is 7.99. The van der Waals surface area contributed by atoms with Gasteiger partial charge in [-0.25, -0.2) is 0 Å². The predicted molar refractivity (Wildman–Crippen MR) is 164 cm³/mol. The zero-order valence-corrected chi connectivity index (χ0v) is 25.7. The Morgan fingerprint density at radius 2 is 1.66 bits per heavy atom. The van der Waals surface area contributed by atoms with Crippen molar-refractivity contribution in [1.29, 1.82) is 0 Å². The summed E-state index contributed by atoms with van der Waals surface area (Å²) in [6, 6.07) is 11.7. The van der Waals surface area contributed by atoms with E-state index in [-0.39, 0.29) is 23.6 Å². The third-order valence-electron chi connectivity index (χ3n) is 7.85. The summed E-state index contributed by atoms with van der Waals surface area (Å²) in [6.07, 6.45) is 13.4. The number of nitrogens with zero attached hydrogens (tertiary/aromatic N) is 5. The fourth-order valence-corrected chi connectivity index (χ4v) is 6.31. The molecule has 0 N–H and O–H groups in total. The Morgan fingerprint density at radius 3 is 2.34 bits per heavy atom. The number of carbonyl (C=O) groups excluding carboxylic acids is 2.